The summed E-state index contributed by atoms with van der Waals surface area (Å²) in [6.07, 6.45) is 10.7. The van der Waals surface area contributed by atoms with Crippen molar-refractivity contribution >= 4 is 0 Å². The highest BCUT2D eigenvalue weighted by Crippen LogP contribution is 2.05. The predicted octanol–water partition coefficient (Wildman–Crippen LogP) is 5.04. The van der Waals surface area contributed by atoms with Gasteiger partial charge in [0.15, 0.2) is 0 Å². The number of aryl methyl sites for hydroxylation is 2. The molecule has 1 heteroatoms. The molecule has 0 amide bonds. The highest BCUT2D eigenvalue weighted by molar-refractivity contribution is 5.11. The van der Waals surface area contributed by atoms with E-state index < -0.39 is 0 Å². The van der Waals surface area contributed by atoms with Crippen molar-refractivity contribution in [3.63, 3.8) is 0 Å². The molecule has 102 valence electrons. The topological polar surface area (TPSA) is 12.9 Å². The van der Waals surface area contributed by atoms with Crippen molar-refractivity contribution in [1.82, 2.24) is 4.98 Å². The normalized spacial score (nSPS) is 8.22. The van der Waals surface area contributed by atoms with Crippen molar-refractivity contribution in [3.05, 3.63) is 29.6 Å². The summed E-state index contributed by atoms with van der Waals surface area (Å²) in [7, 11) is 0. The van der Waals surface area contributed by atoms with E-state index in [4.69, 9.17) is 0 Å². The van der Waals surface area contributed by atoms with Gasteiger partial charge in [0.25, 0.3) is 0 Å². The van der Waals surface area contributed by atoms with E-state index in [1.807, 2.05) is 13.8 Å². The molecule has 0 fully saturated rings. The van der Waals surface area contributed by atoms with Gasteiger partial charge in [-0.3, -0.25) is 4.98 Å². The Hall–Kier alpha value is -1.29. The van der Waals surface area contributed by atoms with Crippen LogP contribution in [-0.2, 0) is 12.8 Å². The molecule has 1 heterocycles. The van der Waals surface area contributed by atoms with Gasteiger partial charge < -0.3 is 0 Å². The van der Waals surface area contributed by atoms with Crippen LogP contribution in [0, 0.1) is 12.3 Å². The summed E-state index contributed by atoms with van der Waals surface area (Å²) in [6, 6.07) is 6.35. The molecular formula is C17H29N. The lowest BCUT2D eigenvalue weighted by Crippen LogP contribution is -1.94. The minimum Gasteiger partial charge on any atom is -0.258 e. The number of terminal acetylenes is 1. The van der Waals surface area contributed by atoms with Crippen LogP contribution in [0.5, 0.6) is 0 Å². The van der Waals surface area contributed by atoms with Gasteiger partial charge in [0.05, 0.1) is 0 Å². The first-order valence-corrected chi connectivity index (χ1v) is 7.10. The van der Waals surface area contributed by atoms with E-state index >= 15 is 0 Å². The highest BCUT2D eigenvalue weighted by Gasteiger charge is 1.95. The second kappa shape index (κ2) is 15.7. The molecule has 0 aliphatic carbocycles. The quantitative estimate of drug-likeness (QED) is 0.524. The smallest absolute Gasteiger partial charge is 0.0406 e. The van der Waals surface area contributed by atoms with E-state index in [9.17, 15) is 0 Å². The fourth-order valence-corrected chi connectivity index (χ4v) is 1.42. The third kappa shape index (κ3) is 11.2. The number of hydrogen-bond donors (Lipinski definition) is 0. The molecule has 0 radical (unpaired) electrons. The lowest BCUT2D eigenvalue weighted by atomic mass is 10.1. The van der Waals surface area contributed by atoms with Gasteiger partial charge in [-0.2, -0.15) is 0 Å². The summed E-state index contributed by atoms with van der Waals surface area (Å²) in [5.41, 5.74) is 2.47. The van der Waals surface area contributed by atoms with Crippen molar-refractivity contribution in [2.45, 2.75) is 66.7 Å². The zero-order valence-corrected chi connectivity index (χ0v) is 12.8. The number of aromatic nitrogens is 1. The number of rotatable bonds is 5. The monoisotopic (exact) mass is 247 g/mol. The minimum atomic E-state index is 1.04. The van der Waals surface area contributed by atoms with E-state index in [0.29, 0.717) is 0 Å². The molecule has 0 spiro atoms. The first kappa shape index (κ1) is 19.1. The fourth-order valence-electron chi connectivity index (χ4n) is 1.42. The molecule has 1 nitrogen and oxygen atoms in total. The average Bonchev–Trinajstić information content (AvgIpc) is 2.42. The molecule has 1 rings (SSSR count). The van der Waals surface area contributed by atoms with Crippen LogP contribution in [0.3, 0.4) is 0 Å². The number of hydrogen-bond acceptors (Lipinski definition) is 1. The molecule has 0 unspecified atom stereocenters. The number of nitrogens with zero attached hydrogens (tertiary/aromatic N) is 1. The van der Waals surface area contributed by atoms with Gasteiger partial charge in [0, 0.05) is 11.4 Å². The Morgan fingerprint density at radius 1 is 1.11 bits per heavy atom. The maximum Gasteiger partial charge on any atom is 0.0406 e. The SMILES string of the molecule is C#CC.CC.CCCCCc1cccc(CC)n1. The van der Waals surface area contributed by atoms with Gasteiger partial charge >= 0.3 is 0 Å². The standard InChI is InChI=1S/C12H19N.C3H4.C2H6/c1-3-5-6-8-12-10-7-9-11(4-2)13-12;1-3-2;1-2/h7,9-10H,3-6,8H2,1-2H3;1H,2H3;1-2H3. The van der Waals surface area contributed by atoms with Gasteiger partial charge in [-0.05, 0) is 38.3 Å². The molecule has 1 aromatic rings. The lowest BCUT2D eigenvalue weighted by Gasteiger charge is -2.01. The first-order valence-electron chi connectivity index (χ1n) is 7.10. The van der Waals surface area contributed by atoms with Crippen LogP contribution in [0.4, 0.5) is 0 Å². The average molecular weight is 247 g/mol. The maximum absolute atomic E-state index is 4.60. The van der Waals surface area contributed by atoms with E-state index in [1.165, 1.54) is 30.7 Å². The number of pyridine rings is 1. The third-order valence-corrected chi connectivity index (χ3v) is 2.26. The Morgan fingerprint density at radius 3 is 2.17 bits per heavy atom. The number of unbranched alkanes of at least 4 members (excludes halogenated alkanes) is 2. The van der Waals surface area contributed by atoms with Gasteiger partial charge in [-0.15, -0.1) is 12.3 Å². The van der Waals surface area contributed by atoms with Gasteiger partial charge in [-0.1, -0.05) is 46.6 Å². The van der Waals surface area contributed by atoms with Gasteiger partial charge in [0.1, 0.15) is 0 Å². The molecule has 0 saturated heterocycles. The lowest BCUT2D eigenvalue weighted by molar-refractivity contribution is 0.705. The minimum absolute atomic E-state index is 1.04. The summed E-state index contributed by atoms with van der Waals surface area (Å²) in [5.74, 6) is 2.25. The Morgan fingerprint density at radius 2 is 1.67 bits per heavy atom. The zero-order chi connectivity index (χ0) is 14.2. The molecule has 0 aliphatic rings. The van der Waals surface area contributed by atoms with Crippen molar-refractivity contribution in [1.29, 1.82) is 0 Å². The van der Waals surface area contributed by atoms with E-state index in [2.05, 4.69) is 49.4 Å². The van der Waals surface area contributed by atoms with Crippen LogP contribution < -0.4 is 0 Å². The van der Waals surface area contributed by atoms with Gasteiger partial charge in [0.2, 0.25) is 0 Å². The summed E-state index contributed by atoms with van der Waals surface area (Å²) in [5, 5.41) is 0. The molecule has 0 aromatic carbocycles. The Labute approximate surface area is 114 Å². The van der Waals surface area contributed by atoms with Crippen molar-refractivity contribution in [3.8, 4) is 12.3 Å². The summed E-state index contributed by atoms with van der Waals surface area (Å²) < 4.78 is 0. The molecule has 1 aromatic heterocycles. The third-order valence-electron chi connectivity index (χ3n) is 2.26. The van der Waals surface area contributed by atoms with E-state index in [-0.39, 0.29) is 0 Å². The van der Waals surface area contributed by atoms with Crippen molar-refractivity contribution in [2.75, 3.05) is 0 Å². The predicted molar refractivity (Wildman–Crippen MR) is 82.7 cm³/mol. The molecule has 18 heavy (non-hydrogen) atoms. The van der Waals surface area contributed by atoms with Crippen molar-refractivity contribution < 1.29 is 0 Å². The largest absolute Gasteiger partial charge is 0.258 e. The first-order chi connectivity index (χ1) is 8.78. The van der Waals surface area contributed by atoms with Gasteiger partial charge in [-0.25, -0.2) is 0 Å². The summed E-state index contributed by atoms with van der Waals surface area (Å²) in [6.45, 7) is 10.0. The second-order valence-corrected chi connectivity index (χ2v) is 3.72. The van der Waals surface area contributed by atoms with Crippen LogP contribution in [0.1, 0.15) is 65.3 Å². The molecule has 0 atom stereocenters. The van der Waals surface area contributed by atoms with E-state index in [1.54, 1.807) is 6.92 Å². The Bertz CT molecular complexity index is 310. The highest BCUT2D eigenvalue weighted by atomic mass is 14.7. The van der Waals surface area contributed by atoms with Crippen LogP contribution in [0.25, 0.3) is 0 Å². The van der Waals surface area contributed by atoms with Crippen molar-refractivity contribution in [2.24, 2.45) is 0 Å². The molecule has 0 bridgehead atoms. The molecule has 0 saturated carbocycles. The Kier molecular flexibility index (Phi) is 16.6. The maximum atomic E-state index is 4.60. The Balaban J connectivity index is 0. The summed E-state index contributed by atoms with van der Waals surface area (Å²) >= 11 is 0. The zero-order valence-electron chi connectivity index (χ0n) is 12.8. The van der Waals surface area contributed by atoms with Crippen LogP contribution in [-0.4, -0.2) is 4.98 Å². The van der Waals surface area contributed by atoms with Crippen LogP contribution in [0.15, 0.2) is 18.2 Å². The molecule has 0 aliphatic heterocycles. The van der Waals surface area contributed by atoms with E-state index in [0.717, 1.165) is 12.8 Å². The second-order valence-electron chi connectivity index (χ2n) is 3.72. The molecular weight excluding hydrogens is 218 g/mol. The summed E-state index contributed by atoms with van der Waals surface area (Å²) in [4.78, 5) is 4.56. The van der Waals surface area contributed by atoms with Crippen LogP contribution >= 0.6 is 0 Å². The van der Waals surface area contributed by atoms with Crippen LogP contribution in [0.2, 0.25) is 0 Å². The fraction of sp³-hybridized carbons (Fsp3) is 0.588. The molecule has 0 N–H and O–H groups in total.